The predicted molar refractivity (Wildman–Crippen MR) is 79.9 cm³/mol. The third-order valence-corrected chi connectivity index (χ3v) is 5.86. The summed E-state index contributed by atoms with van der Waals surface area (Å²) in [7, 11) is -1.48. The lowest BCUT2D eigenvalue weighted by Crippen LogP contribution is -2.34. The summed E-state index contributed by atoms with van der Waals surface area (Å²) in [5, 5.41) is 0. The van der Waals surface area contributed by atoms with E-state index in [1.54, 1.807) is 0 Å². The minimum Gasteiger partial charge on any atom is -0.394 e. The quantitative estimate of drug-likeness (QED) is 0.592. The molecule has 0 rings (SSSR count). The van der Waals surface area contributed by atoms with E-state index in [1.165, 1.54) is 0 Å². The molecule has 0 heterocycles. The Bertz CT molecular complexity index is 141. The van der Waals surface area contributed by atoms with Crippen LogP contribution in [0.25, 0.3) is 0 Å². The maximum Gasteiger partial charge on any atom is 0.324 e. The van der Waals surface area contributed by atoms with Crippen molar-refractivity contribution in [2.75, 3.05) is 0 Å². The van der Waals surface area contributed by atoms with Crippen molar-refractivity contribution in [1.29, 1.82) is 0 Å². The van der Waals surface area contributed by atoms with E-state index in [0.717, 1.165) is 19.3 Å². The zero-order chi connectivity index (χ0) is 13.8. The molecule has 0 spiro atoms. The third kappa shape index (κ3) is 9.80. The molecular formula is C14H34O2Si. The van der Waals surface area contributed by atoms with Crippen molar-refractivity contribution >= 4 is 9.28 Å². The SMILES string of the molecule is CC.CCC(C)O[SiH](OC(C)CC)C(C)CC. The van der Waals surface area contributed by atoms with Gasteiger partial charge < -0.3 is 8.85 Å². The maximum absolute atomic E-state index is 6.04. The van der Waals surface area contributed by atoms with Crippen LogP contribution in [0.1, 0.15) is 74.7 Å². The van der Waals surface area contributed by atoms with Crippen molar-refractivity contribution in [1.82, 2.24) is 0 Å². The second-order valence-electron chi connectivity index (χ2n) is 4.46. The lowest BCUT2D eigenvalue weighted by Gasteiger charge is -2.27. The zero-order valence-electron chi connectivity index (χ0n) is 13.2. The summed E-state index contributed by atoms with van der Waals surface area (Å²) in [5.41, 5.74) is 0.605. The van der Waals surface area contributed by atoms with E-state index >= 15 is 0 Å². The Morgan fingerprint density at radius 3 is 1.35 bits per heavy atom. The average Bonchev–Trinajstić information content (AvgIpc) is 2.38. The van der Waals surface area contributed by atoms with E-state index in [1.807, 2.05) is 13.8 Å². The molecule has 0 aliphatic carbocycles. The molecule has 3 unspecified atom stereocenters. The summed E-state index contributed by atoms with van der Waals surface area (Å²) in [6, 6.07) is 0. The van der Waals surface area contributed by atoms with E-state index in [9.17, 15) is 0 Å². The number of hydrogen-bond acceptors (Lipinski definition) is 2. The van der Waals surface area contributed by atoms with Crippen LogP contribution in [-0.2, 0) is 8.85 Å². The van der Waals surface area contributed by atoms with Gasteiger partial charge in [0.25, 0.3) is 0 Å². The Kier molecular flexibility index (Phi) is 14.4. The lowest BCUT2D eigenvalue weighted by atomic mass is 10.3. The normalized spacial score (nSPS) is 17.6. The van der Waals surface area contributed by atoms with Crippen LogP contribution in [0.4, 0.5) is 0 Å². The minimum absolute atomic E-state index is 0.347. The fourth-order valence-electron chi connectivity index (χ4n) is 1.14. The van der Waals surface area contributed by atoms with Crippen molar-refractivity contribution in [2.45, 2.75) is 92.4 Å². The van der Waals surface area contributed by atoms with Crippen LogP contribution in [0.15, 0.2) is 0 Å². The van der Waals surface area contributed by atoms with Gasteiger partial charge in [0, 0.05) is 12.2 Å². The Labute approximate surface area is 111 Å². The molecule has 2 nitrogen and oxygen atoms in total. The van der Waals surface area contributed by atoms with Crippen molar-refractivity contribution < 1.29 is 8.85 Å². The molecule has 0 fully saturated rings. The van der Waals surface area contributed by atoms with Gasteiger partial charge in [-0.3, -0.25) is 0 Å². The van der Waals surface area contributed by atoms with Crippen LogP contribution in [-0.4, -0.2) is 21.5 Å². The minimum atomic E-state index is -1.48. The molecular weight excluding hydrogens is 228 g/mol. The summed E-state index contributed by atoms with van der Waals surface area (Å²) >= 11 is 0. The molecule has 3 atom stereocenters. The number of hydrogen-bond donors (Lipinski definition) is 0. The van der Waals surface area contributed by atoms with Crippen molar-refractivity contribution in [3.63, 3.8) is 0 Å². The largest absolute Gasteiger partial charge is 0.394 e. The van der Waals surface area contributed by atoms with Crippen molar-refractivity contribution in [2.24, 2.45) is 0 Å². The Hall–Kier alpha value is 0.137. The Balaban J connectivity index is 0. The molecule has 17 heavy (non-hydrogen) atoms. The van der Waals surface area contributed by atoms with Gasteiger partial charge >= 0.3 is 9.28 Å². The predicted octanol–water partition coefficient (Wildman–Crippen LogP) is 4.66. The van der Waals surface area contributed by atoms with Gasteiger partial charge in [0.2, 0.25) is 0 Å². The van der Waals surface area contributed by atoms with Gasteiger partial charge in [0.15, 0.2) is 0 Å². The molecule has 0 aromatic rings. The second-order valence-corrected chi connectivity index (χ2v) is 6.88. The molecule has 0 saturated carbocycles. The van der Waals surface area contributed by atoms with Gasteiger partial charge in [-0.05, 0) is 32.2 Å². The van der Waals surface area contributed by atoms with Crippen molar-refractivity contribution in [3.05, 3.63) is 0 Å². The van der Waals surface area contributed by atoms with Gasteiger partial charge in [0.1, 0.15) is 0 Å². The summed E-state index contributed by atoms with van der Waals surface area (Å²) in [5.74, 6) is 0. The summed E-state index contributed by atoms with van der Waals surface area (Å²) in [6.45, 7) is 17.1. The molecule has 0 bridgehead atoms. The molecule has 3 heteroatoms. The Morgan fingerprint density at radius 1 is 0.765 bits per heavy atom. The Morgan fingerprint density at radius 2 is 1.12 bits per heavy atom. The highest BCUT2D eigenvalue weighted by Crippen LogP contribution is 2.19. The van der Waals surface area contributed by atoms with E-state index in [2.05, 4.69) is 41.5 Å². The highest BCUT2D eigenvalue weighted by atomic mass is 28.3. The van der Waals surface area contributed by atoms with Gasteiger partial charge in [-0.25, -0.2) is 0 Å². The number of rotatable bonds is 8. The van der Waals surface area contributed by atoms with Crippen LogP contribution < -0.4 is 0 Å². The molecule has 0 aliphatic heterocycles. The summed E-state index contributed by atoms with van der Waals surface area (Å²) in [6.07, 6.45) is 4.00. The third-order valence-electron chi connectivity index (χ3n) is 2.99. The van der Waals surface area contributed by atoms with Gasteiger partial charge in [-0.2, -0.15) is 0 Å². The molecule has 0 amide bonds. The first-order valence-electron chi connectivity index (χ1n) is 7.35. The topological polar surface area (TPSA) is 18.5 Å². The standard InChI is InChI=1S/C12H28O2Si.C2H6/c1-7-10(4)13-15(12(6)9-3)14-11(5)8-2;1-2/h10-12,15H,7-9H2,1-6H3;1-2H3. The second kappa shape index (κ2) is 12.6. The lowest BCUT2D eigenvalue weighted by molar-refractivity contribution is 0.104. The van der Waals surface area contributed by atoms with Crippen LogP contribution >= 0.6 is 0 Å². The van der Waals surface area contributed by atoms with Crippen molar-refractivity contribution in [3.8, 4) is 0 Å². The molecule has 0 aliphatic rings. The van der Waals surface area contributed by atoms with E-state index in [-0.39, 0.29) is 0 Å². The highest BCUT2D eigenvalue weighted by Gasteiger charge is 2.24. The summed E-state index contributed by atoms with van der Waals surface area (Å²) in [4.78, 5) is 0. The van der Waals surface area contributed by atoms with Crippen LogP contribution in [0, 0.1) is 0 Å². The fourth-order valence-corrected chi connectivity index (χ4v) is 3.43. The molecule has 0 aromatic carbocycles. The van der Waals surface area contributed by atoms with Gasteiger partial charge in [-0.1, -0.05) is 48.0 Å². The van der Waals surface area contributed by atoms with Crippen LogP contribution in [0.2, 0.25) is 5.54 Å². The monoisotopic (exact) mass is 262 g/mol. The first-order valence-corrected chi connectivity index (χ1v) is 8.96. The van der Waals surface area contributed by atoms with E-state index in [0.29, 0.717) is 17.7 Å². The van der Waals surface area contributed by atoms with Crippen LogP contribution in [0.5, 0.6) is 0 Å². The molecule has 0 aromatic heterocycles. The zero-order valence-corrected chi connectivity index (χ0v) is 14.4. The molecule has 0 radical (unpaired) electrons. The highest BCUT2D eigenvalue weighted by molar-refractivity contribution is 6.46. The van der Waals surface area contributed by atoms with Gasteiger partial charge in [-0.15, -0.1) is 0 Å². The van der Waals surface area contributed by atoms with Gasteiger partial charge in [0.05, 0.1) is 0 Å². The molecule has 0 saturated heterocycles. The van der Waals surface area contributed by atoms with Crippen LogP contribution in [0.3, 0.4) is 0 Å². The smallest absolute Gasteiger partial charge is 0.324 e. The average molecular weight is 263 g/mol. The fraction of sp³-hybridized carbons (Fsp3) is 1.00. The van der Waals surface area contributed by atoms with E-state index < -0.39 is 9.28 Å². The summed E-state index contributed by atoms with van der Waals surface area (Å²) < 4.78 is 12.1. The first kappa shape index (κ1) is 19.5. The first-order chi connectivity index (χ1) is 8.04. The molecule has 0 N–H and O–H groups in total. The maximum atomic E-state index is 6.04. The molecule has 106 valence electrons. The van der Waals surface area contributed by atoms with E-state index in [4.69, 9.17) is 8.85 Å².